The van der Waals surface area contributed by atoms with E-state index in [4.69, 9.17) is 9.84 Å². The summed E-state index contributed by atoms with van der Waals surface area (Å²) < 4.78 is 4.80. The zero-order valence-corrected chi connectivity index (χ0v) is 13.4. The van der Waals surface area contributed by atoms with E-state index in [0.717, 1.165) is 17.5 Å². The molecular formula is C19H19NO4. The molecule has 0 radical (unpaired) electrons. The van der Waals surface area contributed by atoms with Crippen LogP contribution < -0.4 is 0 Å². The van der Waals surface area contributed by atoms with E-state index in [1.165, 1.54) is 10.5 Å². The maximum absolute atomic E-state index is 12.6. The lowest BCUT2D eigenvalue weighted by Crippen LogP contribution is -2.38. The van der Waals surface area contributed by atoms with E-state index < -0.39 is 12.4 Å². The Kier molecular flexibility index (Phi) is 4.51. The monoisotopic (exact) mass is 325 g/mol. The molecule has 5 nitrogen and oxygen atoms in total. The molecule has 3 rings (SSSR count). The van der Waals surface area contributed by atoms with Crippen LogP contribution in [0.4, 0.5) is 4.79 Å². The lowest BCUT2D eigenvalue weighted by atomic mass is 9.99. The first-order chi connectivity index (χ1) is 11.6. The van der Waals surface area contributed by atoms with Crippen molar-refractivity contribution in [1.29, 1.82) is 0 Å². The molecule has 2 aromatic rings. The largest absolute Gasteiger partial charge is 0.507 e. The summed E-state index contributed by atoms with van der Waals surface area (Å²) in [7, 11) is 0. The molecule has 5 heteroatoms. The topological polar surface area (TPSA) is 66.8 Å². The highest BCUT2D eigenvalue weighted by Gasteiger charge is 2.32. The van der Waals surface area contributed by atoms with Crippen molar-refractivity contribution in [3.05, 3.63) is 59.7 Å². The molecule has 24 heavy (non-hydrogen) atoms. The molecule has 1 saturated heterocycles. The van der Waals surface area contributed by atoms with E-state index in [2.05, 4.69) is 0 Å². The Morgan fingerprint density at radius 1 is 1.12 bits per heavy atom. The Labute approximate surface area is 140 Å². The van der Waals surface area contributed by atoms with Gasteiger partial charge >= 0.3 is 6.16 Å². The summed E-state index contributed by atoms with van der Waals surface area (Å²) in [5, 5.41) is 8.77. The predicted molar refractivity (Wildman–Crippen MR) is 89.8 cm³/mol. The Morgan fingerprint density at radius 3 is 2.50 bits per heavy atom. The number of amides is 1. The quantitative estimate of drug-likeness (QED) is 0.869. The van der Waals surface area contributed by atoms with Gasteiger partial charge in [0.05, 0.1) is 0 Å². The number of nitrogens with zero attached hydrogens (tertiary/aromatic N) is 1. The molecule has 0 aromatic heterocycles. The van der Waals surface area contributed by atoms with Crippen LogP contribution in [0.5, 0.6) is 0 Å². The second kappa shape index (κ2) is 6.74. The van der Waals surface area contributed by atoms with Crippen LogP contribution in [0.2, 0.25) is 0 Å². The maximum atomic E-state index is 12.6. The van der Waals surface area contributed by atoms with Crippen molar-refractivity contribution < 1.29 is 19.4 Å². The van der Waals surface area contributed by atoms with Crippen molar-refractivity contribution in [2.45, 2.75) is 26.0 Å². The molecule has 0 aliphatic carbocycles. The number of carbonyl (C=O) groups is 2. The van der Waals surface area contributed by atoms with Crippen LogP contribution in [0, 0.1) is 6.92 Å². The zero-order valence-electron chi connectivity index (χ0n) is 13.4. The van der Waals surface area contributed by atoms with Gasteiger partial charge in [0.15, 0.2) is 6.23 Å². The first-order valence-corrected chi connectivity index (χ1v) is 7.93. The molecule has 0 spiro atoms. The van der Waals surface area contributed by atoms with Crippen LogP contribution in [-0.4, -0.2) is 34.8 Å². The van der Waals surface area contributed by atoms with Crippen LogP contribution in [0.25, 0.3) is 11.1 Å². The molecule has 0 bridgehead atoms. The van der Waals surface area contributed by atoms with Gasteiger partial charge in [0, 0.05) is 18.5 Å². The molecule has 1 amide bonds. The third-order valence-corrected chi connectivity index (χ3v) is 4.28. The average Bonchev–Trinajstić information content (AvgIpc) is 3.02. The second-order valence-corrected chi connectivity index (χ2v) is 5.87. The molecule has 1 fully saturated rings. The summed E-state index contributed by atoms with van der Waals surface area (Å²) in [4.78, 5) is 24.8. The Balaban J connectivity index is 1.79. The van der Waals surface area contributed by atoms with Gasteiger partial charge in [0.1, 0.15) is 0 Å². The van der Waals surface area contributed by atoms with Crippen molar-refractivity contribution in [3.8, 4) is 11.1 Å². The number of hydrogen-bond acceptors (Lipinski definition) is 3. The molecule has 1 atom stereocenters. The van der Waals surface area contributed by atoms with Gasteiger partial charge in [0.2, 0.25) is 0 Å². The van der Waals surface area contributed by atoms with Gasteiger partial charge in [0.25, 0.3) is 5.91 Å². The van der Waals surface area contributed by atoms with Crippen molar-refractivity contribution in [3.63, 3.8) is 0 Å². The van der Waals surface area contributed by atoms with Gasteiger partial charge < -0.3 is 14.7 Å². The second-order valence-electron chi connectivity index (χ2n) is 5.87. The van der Waals surface area contributed by atoms with E-state index >= 15 is 0 Å². The molecule has 124 valence electrons. The minimum Gasteiger partial charge on any atom is -0.450 e. The van der Waals surface area contributed by atoms with Crippen LogP contribution in [-0.2, 0) is 4.74 Å². The predicted octanol–water partition coefficient (Wildman–Crippen LogP) is 3.92. The van der Waals surface area contributed by atoms with Crippen molar-refractivity contribution >= 4 is 12.1 Å². The summed E-state index contributed by atoms with van der Waals surface area (Å²) in [6.07, 6.45) is -0.759. The third-order valence-electron chi connectivity index (χ3n) is 4.28. The molecule has 1 aliphatic rings. The van der Waals surface area contributed by atoms with Gasteiger partial charge in [-0.15, -0.1) is 0 Å². The Morgan fingerprint density at radius 2 is 1.83 bits per heavy atom. The SMILES string of the molecule is Cc1ccccc1-c1ccc(C(=O)N2CCC[C@H]2OC(=O)O)cc1. The number of rotatable bonds is 3. The average molecular weight is 325 g/mol. The van der Waals surface area contributed by atoms with Crippen LogP contribution in [0.3, 0.4) is 0 Å². The van der Waals surface area contributed by atoms with E-state index in [0.29, 0.717) is 18.5 Å². The highest BCUT2D eigenvalue weighted by molar-refractivity contribution is 5.95. The molecule has 0 unspecified atom stereocenters. The highest BCUT2D eigenvalue weighted by atomic mass is 16.7. The van der Waals surface area contributed by atoms with E-state index in [9.17, 15) is 9.59 Å². The minimum absolute atomic E-state index is 0.199. The molecule has 2 aromatic carbocycles. The van der Waals surface area contributed by atoms with E-state index in [1.54, 1.807) is 12.1 Å². The third kappa shape index (κ3) is 3.25. The lowest BCUT2D eigenvalue weighted by Gasteiger charge is -2.23. The first-order valence-electron chi connectivity index (χ1n) is 7.93. The first kappa shape index (κ1) is 16.1. The van der Waals surface area contributed by atoms with Gasteiger partial charge in [-0.1, -0.05) is 36.4 Å². The lowest BCUT2D eigenvalue weighted by molar-refractivity contribution is -0.00703. The fraction of sp³-hybridized carbons (Fsp3) is 0.263. The summed E-state index contributed by atoms with van der Waals surface area (Å²) in [5.74, 6) is -0.199. The number of hydrogen-bond donors (Lipinski definition) is 1. The summed E-state index contributed by atoms with van der Waals surface area (Å²) >= 11 is 0. The molecule has 1 heterocycles. The molecule has 1 aliphatic heterocycles. The maximum Gasteiger partial charge on any atom is 0.507 e. The number of carbonyl (C=O) groups excluding carboxylic acids is 1. The Bertz CT molecular complexity index is 754. The smallest absolute Gasteiger partial charge is 0.450 e. The minimum atomic E-state index is -1.35. The van der Waals surface area contributed by atoms with E-state index in [1.807, 2.05) is 43.3 Å². The number of benzene rings is 2. The molecular weight excluding hydrogens is 306 g/mol. The Hall–Kier alpha value is -2.82. The molecule has 0 saturated carbocycles. The fourth-order valence-corrected chi connectivity index (χ4v) is 3.06. The molecule has 1 N–H and O–H groups in total. The van der Waals surface area contributed by atoms with Gasteiger partial charge in [-0.05, 0) is 42.2 Å². The van der Waals surface area contributed by atoms with Gasteiger partial charge in [-0.25, -0.2) is 4.79 Å². The number of ether oxygens (including phenoxy) is 1. The van der Waals surface area contributed by atoms with Crippen LogP contribution >= 0.6 is 0 Å². The fourth-order valence-electron chi connectivity index (χ4n) is 3.06. The zero-order chi connectivity index (χ0) is 17.1. The number of carboxylic acid groups (broad SMARTS) is 1. The normalized spacial score (nSPS) is 16.9. The van der Waals surface area contributed by atoms with Crippen molar-refractivity contribution in [1.82, 2.24) is 4.90 Å². The summed E-state index contributed by atoms with van der Waals surface area (Å²) in [5.41, 5.74) is 3.88. The summed E-state index contributed by atoms with van der Waals surface area (Å²) in [6, 6.07) is 15.5. The van der Waals surface area contributed by atoms with Gasteiger partial charge in [-0.3, -0.25) is 4.79 Å². The standard InChI is InChI=1S/C19H19NO4/c1-13-5-2-3-6-16(13)14-8-10-15(11-9-14)18(21)20-12-4-7-17(20)24-19(22)23/h2-3,5-6,8-11,17H,4,7,12H2,1H3,(H,22,23)/t17-/m1/s1. The van der Waals surface area contributed by atoms with Crippen molar-refractivity contribution in [2.24, 2.45) is 0 Å². The van der Waals surface area contributed by atoms with Crippen molar-refractivity contribution in [2.75, 3.05) is 6.54 Å². The van der Waals surface area contributed by atoms with Gasteiger partial charge in [-0.2, -0.15) is 0 Å². The highest BCUT2D eigenvalue weighted by Crippen LogP contribution is 2.25. The number of likely N-dealkylation sites (tertiary alicyclic amines) is 1. The van der Waals surface area contributed by atoms with Crippen LogP contribution in [0.15, 0.2) is 48.5 Å². The summed E-state index contributed by atoms with van der Waals surface area (Å²) in [6.45, 7) is 2.56. The van der Waals surface area contributed by atoms with E-state index in [-0.39, 0.29) is 5.91 Å². The van der Waals surface area contributed by atoms with Crippen LogP contribution in [0.1, 0.15) is 28.8 Å². The number of aryl methyl sites for hydroxylation is 1.